The van der Waals surface area contributed by atoms with E-state index >= 15 is 0 Å². The Hall–Kier alpha value is -1.59. The van der Waals surface area contributed by atoms with E-state index in [0.717, 1.165) is 6.42 Å². The van der Waals surface area contributed by atoms with Crippen molar-refractivity contribution >= 4 is 17.7 Å². The van der Waals surface area contributed by atoms with E-state index in [1.165, 1.54) is 18.7 Å². The Morgan fingerprint density at radius 3 is 2.40 bits per heavy atom. The van der Waals surface area contributed by atoms with Crippen molar-refractivity contribution in [3.8, 4) is 0 Å². The van der Waals surface area contributed by atoms with Crippen molar-refractivity contribution in [1.29, 1.82) is 0 Å². The number of carbonyl (C=O) groups excluding carboxylic acids is 3. The Labute approximate surface area is 88.0 Å². The van der Waals surface area contributed by atoms with Crippen LogP contribution < -0.4 is 10.9 Å². The topological polar surface area (TPSA) is 78.5 Å². The number of likely N-dealkylation sites (tertiary alicyclic amines) is 1. The third-order valence-electron chi connectivity index (χ3n) is 2.32. The molecule has 1 rings (SSSR count). The molecule has 1 heterocycles. The van der Waals surface area contributed by atoms with Crippen molar-refractivity contribution in [2.45, 2.75) is 32.7 Å². The molecular formula is C9H15N3O3. The lowest BCUT2D eigenvalue weighted by molar-refractivity contribution is -0.138. The second kappa shape index (κ2) is 4.77. The van der Waals surface area contributed by atoms with E-state index in [1.807, 2.05) is 0 Å². The number of hydrogen-bond donors (Lipinski definition) is 2. The molecular weight excluding hydrogens is 198 g/mol. The van der Waals surface area contributed by atoms with Crippen LogP contribution in [0.5, 0.6) is 0 Å². The molecule has 0 radical (unpaired) electrons. The first-order valence-corrected chi connectivity index (χ1v) is 4.86. The Kier molecular flexibility index (Phi) is 3.65. The highest BCUT2D eigenvalue weighted by atomic mass is 16.2. The molecule has 6 heteroatoms. The van der Waals surface area contributed by atoms with Crippen LogP contribution >= 0.6 is 0 Å². The molecule has 1 fully saturated rings. The molecule has 1 aliphatic rings. The second-order valence-corrected chi connectivity index (χ2v) is 3.54. The van der Waals surface area contributed by atoms with Gasteiger partial charge in [-0.2, -0.15) is 0 Å². The Balaban J connectivity index is 2.51. The van der Waals surface area contributed by atoms with Crippen LogP contribution in [0.1, 0.15) is 26.7 Å². The van der Waals surface area contributed by atoms with Crippen LogP contribution in [-0.2, 0) is 14.4 Å². The third-order valence-corrected chi connectivity index (χ3v) is 2.32. The van der Waals surface area contributed by atoms with Crippen molar-refractivity contribution in [3.05, 3.63) is 0 Å². The van der Waals surface area contributed by atoms with E-state index in [9.17, 15) is 14.4 Å². The maximum atomic E-state index is 11.5. The molecule has 0 aromatic carbocycles. The maximum Gasteiger partial charge on any atom is 0.261 e. The highest BCUT2D eigenvalue weighted by molar-refractivity contribution is 5.88. The zero-order valence-corrected chi connectivity index (χ0v) is 8.87. The number of nitrogens with one attached hydrogen (secondary N) is 2. The molecule has 1 aliphatic heterocycles. The van der Waals surface area contributed by atoms with E-state index in [-0.39, 0.29) is 17.7 Å². The van der Waals surface area contributed by atoms with Gasteiger partial charge in [-0.3, -0.25) is 25.2 Å². The summed E-state index contributed by atoms with van der Waals surface area (Å²) in [5.41, 5.74) is 4.48. The molecule has 1 saturated heterocycles. The number of hydrogen-bond acceptors (Lipinski definition) is 3. The van der Waals surface area contributed by atoms with Crippen molar-refractivity contribution in [3.63, 3.8) is 0 Å². The van der Waals surface area contributed by atoms with Gasteiger partial charge in [-0.25, -0.2) is 0 Å². The zero-order valence-electron chi connectivity index (χ0n) is 8.87. The lowest BCUT2D eigenvalue weighted by atomic mass is 10.2. The van der Waals surface area contributed by atoms with Crippen LogP contribution in [0.3, 0.4) is 0 Å². The van der Waals surface area contributed by atoms with Gasteiger partial charge in [0.05, 0.1) is 0 Å². The van der Waals surface area contributed by atoms with Gasteiger partial charge in [0, 0.05) is 20.4 Å². The summed E-state index contributed by atoms with van der Waals surface area (Å²) < 4.78 is 0. The van der Waals surface area contributed by atoms with Crippen LogP contribution in [0.4, 0.5) is 0 Å². The smallest absolute Gasteiger partial charge is 0.261 e. The van der Waals surface area contributed by atoms with Crippen LogP contribution in [0.2, 0.25) is 0 Å². The van der Waals surface area contributed by atoms with E-state index < -0.39 is 6.04 Å². The van der Waals surface area contributed by atoms with Gasteiger partial charge in [0.1, 0.15) is 6.04 Å². The van der Waals surface area contributed by atoms with Gasteiger partial charge in [-0.05, 0) is 12.8 Å². The summed E-state index contributed by atoms with van der Waals surface area (Å²) in [6.45, 7) is 3.34. The predicted molar refractivity (Wildman–Crippen MR) is 52.4 cm³/mol. The quantitative estimate of drug-likeness (QED) is 0.558. The minimum Gasteiger partial charge on any atom is -0.331 e. The van der Waals surface area contributed by atoms with E-state index in [0.29, 0.717) is 13.0 Å². The van der Waals surface area contributed by atoms with E-state index in [1.54, 1.807) is 0 Å². The summed E-state index contributed by atoms with van der Waals surface area (Å²) in [4.78, 5) is 34.8. The molecule has 84 valence electrons. The maximum absolute atomic E-state index is 11.5. The number of nitrogens with zero attached hydrogens (tertiary/aromatic N) is 1. The van der Waals surface area contributed by atoms with Crippen LogP contribution in [0.25, 0.3) is 0 Å². The highest BCUT2D eigenvalue weighted by Crippen LogP contribution is 2.16. The highest BCUT2D eigenvalue weighted by Gasteiger charge is 2.32. The molecule has 3 amide bonds. The molecule has 1 atom stereocenters. The minimum absolute atomic E-state index is 0.115. The lowest BCUT2D eigenvalue weighted by Gasteiger charge is -2.22. The molecule has 0 unspecified atom stereocenters. The Morgan fingerprint density at radius 1 is 1.20 bits per heavy atom. The molecule has 0 spiro atoms. The lowest BCUT2D eigenvalue weighted by Crippen LogP contribution is -2.50. The van der Waals surface area contributed by atoms with E-state index in [4.69, 9.17) is 0 Å². The molecule has 0 saturated carbocycles. The fraction of sp³-hybridized carbons (Fsp3) is 0.667. The first kappa shape index (κ1) is 11.5. The van der Waals surface area contributed by atoms with Crippen molar-refractivity contribution in [2.24, 2.45) is 0 Å². The van der Waals surface area contributed by atoms with Gasteiger partial charge in [0.25, 0.3) is 5.91 Å². The fourth-order valence-corrected chi connectivity index (χ4v) is 1.65. The van der Waals surface area contributed by atoms with Gasteiger partial charge >= 0.3 is 0 Å². The fourth-order valence-electron chi connectivity index (χ4n) is 1.65. The summed E-state index contributed by atoms with van der Waals surface area (Å²) in [7, 11) is 0. The number of carbonyl (C=O) groups is 3. The van der Waals surface area contributed by atoms with Crippen LogP contribution in [-0.4, -0.2) is 35.2 Å². The van der Waals surface area contributed by atoms with Gasteiger partial charge in [0.2, 0.25) is 11.8 Å². The third kappa shape index (κ3) is 2.93. The predicted octanol–water partition coefficient (Wildman–Crippen LogP) is -0.835. The van der Waals surface area contributed by atoms with Crippen molar-refractivity contribution < 1.29 is 14.4 Å². The molecule has 15 heavy (non-hydrogen) atoms. The van der Waals surface area contributed by atoms with Gasteiger partial charge in [-0.15, -0.1) is 0 Å². The Morgan fingerprint density at radius 2 is 1.87 bits per heavy atom. The molecule has 0 aliphatic carbocycles. The largest absolute Gasteiger partial charge is 0.331 e. The standard InChI is InChI=1S/C9H15N3O3/c1-6(13)10-11-9(15)8-4-3-5-12(8)7(2)14/h8H,3-5H2,1-2H3,(H,10,13)(H,11,15)/t8-/m0/s1. The van der Waals surface area contributed by atoms with Crippen LogP contribution in [0, 0.1) is 0 Å². The summed E-state index contributed by atoms with van der Waals surface area (Å²) in [6.07, 6.45) is 1.46. The average Bonchev–Trinajstić information content (AvgIpc) is 2.62. The number of rotatable bonds is 1. The van der Waals surface area contributed by atoms with Crippen LogP contribution in [0.15, 0.2) is 0 Å². The van der Waals surface area contributed by atoms with Crippen molar-refractivity contribution in [2.75, 3.05) is 6.54 Å². The minimum atomic E-state index is -0.450. The summed E-state index contributed by atoms with van der Waals surface area (Å²) in [6, 6.07) is -0.450. The van der Waals surface area contributed by atoms with Gasteiger partial charge < -0.3 is 4.90 Å². The zero-order chi connectivity index (χ0) is 11.4. The molecule has 0 aromatic rings. The molecule has 0 aromatic heterocycles. The Bertz CT molecular complexity index is 290. The molecule has 0 bridgehead atoms. The van der Waals surface area contributed by atoms with Gasteiger partial charge in [-0.1, -0.05) is 0 Å². The average molecular weight is 213 g/mol. The van der Waals surface area contributed by atoms with Gasteiger partial charge in [0.15, 0.2) is 0 Å². The first-order valence-electron chi connectivity index (χ1n) is 4.86. The summed E-state index contributed by atoms with van der Waals surface area (Å²) in [5, 5.41) is 0. The normalized spacial score (nSPS) is 19.9. The molecule has 6 nitrogen and oxygen atoms in total. The van der Waals surface area contributed by atoms with E-state index in [2.05, 4.69) is 10.9 Å². The first-order chi connectivity index (χ1) is 7.02. The second-order valence-electron chi connectivity index (χ2n) is 3.54. The number of amides is 3. The van der Waals surface area contributed by atoms with Crippen molar-refractivity contribution in [1.82, 2.24) is 15.8 Å². The number of hydrazine groups is 1. The molecule has 2 N–H and O–H groups in total. The summed E-state index contributed by atoms with van der Waals surface area (Å²) >= 11 is 0. The SMILES string of the molecule is CC(=O)NNC(=O)[C@@H]1CCCN1C(C)=O. The summed E-state index contributed by atoms with van der Waals surface area (Å²) in [5.74, 6) is -0.788. The monoisotopic (exact) mass is 213 g/mol.